The van der Waals surface area contributed by atoms with Gasteiger partial charge in [-0.3, -0.25) is 9.78 Å². The van der Waals surface area contributed by atoms with Gasteiger partial charge >= 0.3 is 0 Å². The maximum absolute atomic E-state index is 10.9. The number of rotatable bonds is 1. The minimum atomic E-state index is -0.673. The number of benzene rings is 1. The summed E-state index contributed by atoms with van der Waals surface area (Å²) in [6.45, 7) is 0. The number of phenolic OH excluding ortho intramolecular Hbond substituents is 1. The van der Waals surface area contributed by atoms with Crippen LogP contribution in [-0.4, -0.2) is 15.3 Å². The Morgan fingerprint density at radius 3 is 2.86 bits per heavy atom. The van der Waals surface area contributed by atoms with Gasteiger partial charge in [-0.1, -0.05) is 0 Å². The van der Waals surface area contributed by atoms with Crippen LogP contribution in [0, 0.1) is 0 Å². The van der Waals surface area contributed by atoms with Gasteiger partial charge in [0, 0.05) is 11.6 Å². The van der Waals surface area contributed by atoms with Crippen molar-refractivity contribution in [1.82, 2.24) is 4.98 Å². The van der Waals surface area contributed by atoms with E-state index in [4.69, 9.17) is 11.6 Å². The second kappa shape index (κ2) is 3.27. The highest BCUT2D eigenvalue weighted by Gasteiger charge is 2.11. The fourth-order valence-electron chi connectivity index (χ4n) is 1.30. The summed E-state index contributed by atoms with van der Waals surface area (Å²) < 4.78 is 0. The maximum atomic E-state index is 10.9. The molecule has 0 aliphatic carbocycles. The number of hydrogen-bond acceptors (Lipinski definition) is 3. The van der Waals surface area contributed by atoms with E-state index in [9.17, 15) is 9.90 Å². The Balaban J connectivity index is 2.81. The van der Waals surface area contributed by atoms with E-state index in [1.54, 1.807) is 24.4 Å². The molecule has 14 heavy (non-hydrogen) atoms. The predicted molar refractivity (Wildman–Crippen MR) is 53.6 cm³/mol. The summed E-state index contributed by atoms with van der Waals surface area (Å²) in [5.74, 6) is -0.115. The zero-order valence-corrected chi connectivity index (χ0v) is 7.82. The molecular formula is C10H6ClNO2. The molecule has 0 saturated heterocycles. The van der Waals surface area contributed by atoms with E-state index in [1.165, 1.54) is 6.07 Å². The lowest BCUT2D eigenvalue weighted by atomic mass is 10.1. The average molecular weight is 208 g/mol. The molecule has 0 bridgehead atoms. The van der Waals surface area contributed by atoms with Gasteiger partial charge in [-0.05, 0) is 35.9 Å². The lowest BCUT2D eigenvalue weighted by molar-refractivity contribution is 0.107. The Morgan fingerprint density at radius 1 is 1.36 bits per heavy atom. The van der Waals surface area contributed by atoms with Crippen molar-refractivity contribution in [3.05, 3.63) is 36.0 Å². The third-order valence-electron chi connectivity index (χ3n) is 1.97. The summed E-state index contributed by atoms with van der Waals surface area (Å²) >= 11 is 5.29. The molecule has 0 aliphatic rings. The molecule has 0 aliphatic heterocycles. The van der Waals surface area contributed by atoms with Gasteiger partial charge in [0.25, 0.3) is 5.24 Å². The summed E-state index contributed by atoms with van der Waals surface area (Å²) in [7, 11) is 0. The summed E-state index contributed by atoms with van der Waals surface area (Å²) in [6, 6.07) is 6.47. The third kappa shape index (κ3) is 1.32. The van der Waals surface area contributed by atoms with Crippen LogP contribution in [-0.2, 0) is 0 Å². The van der Waals surface area contributed by atoms with E-state index in [1.807, 2.05) is 0 Å². The van der Waals surface area contributed by atoms with E-state index in [-0.39, 0.29) is 11.3 Å². The highest BCUT2D eigenvalue weighted by Crippen LogP contribution is 2.28. The van der Waals surface area contributed by atoms with Crippen molar-refractivity contribution >= 4 is 27.7 Å². The topological polar surface area (TPSA) is 50.2 Å². The molecule has 0 amide bonds. The van der Waals surface area contributed by atoms with Gasteiger partial charge in [-0.15, -0.1) is 0 Å². The first kappa shape index (κ1) is 8.97. The summed E-state index contributed by atoms with van der Waals surface area (Å²) in [5, 5.41) is 9.53. The summed E-state index contributed by atoms with van der Waals surface area (Å²) in [5.41, 5.74) is 0.735. The van der Waals surface area contributed by atoms with Crippen molar-refractivity contribution in [1.29, 1.82) is 0 Å². The molecule has 2 rings (SSSR count). The van der Waals surface area contributed by atoms with Crippen LogP contribution in [0.1, 0.15) is 10.4 Å². The van der Waals surface area contributed by atoms with Crippen molar-refractivity contribution in [3.63, 3.8) is 0 Å². The molecule has 0 unspecified atom stereocenters. The van der Waals surface area contributed by atoms with Crippen LogP contribution in [0.15, 0.2) is 30.5 Å². The fraction of sp³-hybridized carbons (Fsp3) is 0. The Morgan fingerprint density at radius 2 is 2.14 bits per heavy atom. The number of carbonyl (C=O) groups is 1. The monoisotopic (exact) mass is 207 g/mol. The Kier molecular flexibility index (Phi) is 2.09. The molecule has 0 spiro atoms. The Labute approximate surface area is 85.0 Å². The van der Waals surface area contributed by atoms with Crippen LogP contribution in [0.25, 0.3) is 10.9 Å². The van der Waals surface area contributed by atoms with E-state index in [0.29, 0.717) is 10.9 Å². The number of nitrogens with zero attached hydrogens (tertiary/aromatic N) is 1. The van der Waals surface area contributed by atoms with E-state index < -0.39 is 5.24 Å². The number of halogens is 1. The van der Waals surface area contributed by atoms with Crippen LogP contribution in [0.2, 0.25) is 0 Å². The first-order chi connectivity index (χ1) is 6.70. The molecule has 1 heterocycles. The molecule has 4 heteroatoms. The Bertz CT molecular complexity index is 510. The van der Waals surface area contributed by atoms with Gasteiger partial charge in [0.2, 0.25) is 0 Å². The number of phenols is 1. The standard InChI is InChI=1S/C10H6ClNO2/c11-10(14)7-3-4-8-6(9(7)13)2-1-5-12-8/h1-5,13H. The smallest absolute Gasteiger partial charge is 0.256 e. The number of aromatic hydroxyl groups is 1. The van der Waals surface area contributed by atoms with E-state index in [0.717, 1.165) is 0 Å². The van der Waals surface area contributed by atoms with Crippen molar-refractivity contribution < 1.29 is 9.90 Å². The molecule has 1 N–H and O–H groups in total. The van der Waals surface area contributed by atoms with Gasteiger partial charge in [0.05, 0.1) is 11.1 Å². The number of pyridine rings is 1. The number of hydrogen-bond donors (Lipinski definition) is 1. The first-order valence-electron chi connectivity index (χ1n) is 3.96. The maximum Gasteiger partial charge on any atom is 0.256 e. The highest BCUT2D eigenvalue weighted by molar-refractivity contribution is 6.68. The summed E-state index contributed by atoms with van der Waals surface area (Å²) in [6.07, 6.45) is 1.62. The zero-order chi connectivity index (χ0) is 10.1. The van der Waals surface area contributed by atoms with Crippen molar-refractivity contribution in [2.24, 2.45) is 0 Å². The van der Waals surface area contributed by atoms with Gasteiger partial charge < -0.3 is 5.11 Å². The number of fused-ring (bicyclic) bond motifs is 1. The van der Waals surface area contributed by atoms with Gasteiger partial charge in [0.1, 0.15) is 5.75 Å². The Hall–Kier alpha value is -1.61. The summed E-state index contributed by atoms with van der Waals surface area (Å²) in [4.78, 5) is 14.9. The fourth-order valence-corrected chi connectivity index (χ4v) is 1.45. The quantitative estimate of drug-likeness (QED) is 0.731. The molecule has 0 saturated carbocycles. The highest BCUT2D eigenvalue weighted by atomic mass is 35.5. The van der Waals surface area contributed by atoms with E-state index in [2.05, 4.69) is 4.98 Å². The first-order valence-corrected chi connectivity index (χ1v) is 4.34. The molecule has 1 aromatic heterocycles. The van der Waals surface area contributed by atoms with Crippen LogP contribution in [0.4, 0.5) is 0 Å². The van der Waals surface area contributed by atoms with E-state index >= 15 is 0 Å². The molecule has 2 aromatic rings. The lowest BCUT2D eigenvalue weighted by Gasteiger charge is -2.02. The van der Waals surface area contributed by atoms with Crippen LogP contribution < -0.4 is 0 Å². The zero-order valence-electron chi connectivity index (χ0n) is 7.07. The van der Waals surface area contributed by atoms with Crippen LogP contribution >= 0.6 is 11.6 Å². The van der Waals surface area contributed by atoms with Crippen molar-refractivity contribution in [2.45, 2.75) is 0 Å². The number of carbonyl (C=O) groups excluding carboxylic acids is 1. The van der Waals surface area contributed by atoms with Crippen LogP contribution in [0.5, 0.6) is 5.75 Å². The molecule has 0 atom stereocenters. The molecule has 70 valence electrons. The van der Waals surface area contributed by atoms with Gasteiger partial charge in [-0.25, -0.2) is 0 Å². The van der Waals surface area contributed by atoms with Crippen LogP contribution in [0.3, 0.4) is 0 Å². The minimum absolute atomic E-state index is 0.104. The average Bonchev–Trinajstić information content (AvgIpc) is 2.18. The van der Waals surface area contributed by atoms with Gasteiger partial charge in [0.15, 0.2) is 0 Å². The predicted octanol–water partition coefficient (Wildman–Crippen LogP) is 2.32. The lowest BCUT2D eigenvalue weighted by Crippen LogP contribution is -1.90. The molecular weight excluding hydrogens is 202 g/mol. The van der Waals surface area contributed by atoms with Gasteiger partial charge in [-0.2, -0.15) is 0 Å². The molecule has 1 aromatic carbocycles. The second-order valence-electron chi connectivity index (χ2n) is 2.81. The van der Waals surface area contributed by atoms with Crippen molar-refractivity contribution in [2.75, 3.05) is 0 Å². The third-order valence-corrected chi connectivity index (χ3v) is 2.17. The molecule has 0 fully saturated rings. The minimum Gasteiger partial charge on any atom is -0.506 e. The normalized spacial score (nSPS) is 10.4. The molecule has 3 nitrogen and oxygen atoms in total. The number of aromatic nitrogens is 1. The second-order valence-corrected chi connectivity index (χ2v) is 3.15. The van der Waals surface area contributed by atoms with Crippen molar-refractivity contribution in [3.8, 4) is 5.75 Å². The SMILES string of the molecule is O=C(Cl)c1ccc2ncccc2c1O. The largest absolute Gasteiger partial charge is 0.506 e. The molecule has 0 radical (unpaired) electrons.